The molecule has 0 aliphatic heterocycles. The highest BCUT2D eigenvalue weighted by Crippen LogP contribution is 2.26. The molecule has 0 aliphatic carbocycles. The van der Waals surface area contributed by atoms with Crippen LogP contribution in [-0.2, 0) is 0 Å². The van der Waals surface area contributed by atoms with Gasteiger partial charge in [-0.25, -0.2) is 0 Å². The monoisotopic (exact) mass is 291 g/mol. The maximum absolute atomic E-state index is 5.51. The molecule has 0 aliphatic rings. The highest BCUT2D eigenvalue weighted by molar-refractivity contribution is 7.39. The Morgan fingerprint density at radius 1 is 0.947 bits per heavy atom. The number of nitrogens with zero attached hydrogens (tertiary/aromatic N) is 1. The van der Waals surface area contributed by atoms with E-state index in [1.807, 2.05) is 48.5 Å². The summed E-state index contributed by atoms with van der Waals surface area (Å²) in [6, 6.07) is 15.6. The molecule has 0 saturated heterocycles. The first-order valence-corrected chi connectivity index (χ1v) is 7.49. The van der Waals surface area contributed by atoms with Crippen molar-refractivity contribution in [2.45, 2.75) is 13.8 Å². The van der Waals surface area contributed by atoms with Gasteiger partial charge in [-0.2, -0.15) is 4.52 Å². The second-order valence-corrected chi connectivity index (χ2v) is 5.56. The molecule has 1 unspecified atom stereocenters. The number of para-hydroxylation sites is 1. The van der Waals surface area contributed by atoms with E-state index < -0.39 is 0 Å². The molecule has 0 saturated carbocycles. The molecule has 0 N–H and O–H groups in total. The van der Waals surface area contributed by atoms with Gasteiger partial charge in [0.1, 0.15) is 11.5 Å². The van der Waals surface area contributed by atoms with Gasteiger partial charge in [0.05, 0.1) is 0 Å². The van der Waals surface area contributed by atoms with Gasteiger partial charge in [0.2, 0.25) is 17.6 Å². The zero-order valence-electron chi connectivity index (χ0n) is 10.8. The fraction of sp³-hybridized carbons (Fsp3) is 0.143. The molecule has 5 heteroatoms. The van der Waals surface area contributed by atoms with Crippen LogP contribution in [0.2, 0.25) is 0 Å². The minimum Gasteiger partial charge on any atom is -0.454 e. The summed E-state index contributed by atoms with van der Waals surface area (Å²) in [7, 11) is 0.604. The lowest BCUT2D eigenvalue weighted by Gasteiger charge is -2.03. The van der Waals surface area contributed by atoms with Crippen molar-refractivity contribution >= 4 is 17.6 Å². The van der Waals surface area contributed by atoms with Crippen LogP contribution in [0.5, 0.6) is 11.5 Å². The predicted octanol–water partition coefficient (Wildman–Crippen LogP) is 5.31. The summed E-state index contributed by atoms with van der Waals surface area (Å²) in [4.78, 5) is 0. The van der Waals surface area contributed by atoms with Crippen LogP contribution in [0, 0.1) is 13.8 Å². The molecule has 2 aromatic carbocycles. The van der Waals surface area contributed by atoms with Gasteiger partial charge in [0.15, 0.2) is 0 Å². The molecule has 1 atom stereocenters. The zero-order valence-corrected chi connectivity index (χ0v) is 12.7. The molecule has 98 valence electrons. The molecule has 0 amide bonds. The minimum absolute atomic E-state index is 0.0439. The van der Waals surface area contributed by atoms with E-state index >= 15 is 0 Å². The van der Waals surface area contributed by atoms with Crippen LogP contribution in [0.25, 0.3) is 0 Å². The molecule has 0 fully saturated rings. The largest absolute Gasteiger partial charge is 0.454 e. The molecule has 0 bridgehead atoms. The van der Waals surface area contributed by atoms with Crippen molar-refractivity contribution < 1.29 is 9.05 Å². The van der Waals surface area contributed by atoms with Gasteiger partial charge in [-0.3, -0.25) is 0 Å². The second-order valence-electron chi connectivity index (χ2n) is 4.03. The van der Waals surface area contributed by atoms with Crippen molar-refractivity contribution in [2.75, 3.05) is 0 Å². The Hall–Kier alpha value is -1.43. The summed E-state index contributed by atoms with van der Waals surface area (Å²) in [5, 5.41) is 0. The van der Waals surface area contributed by atoms with Crippen LogP contribution in [-0.4, -0.2) is 0 Å². The summed E-state index contributed by atoms with van der Waals surface area (Å²) >= 11 is 0. The number of aryl methyl sites for hydroxylation is 2. The Morgan fingerprint density at radius 2 is 1.74 bits per heavy atom. The average molecular weight is 291 g/mol. The van der Waals surface area contributed by atoms with Gasteiger partial charge in [0.25, 0.3) is 0 Å². The Labute approximate surface area is 116 Å². The number of benzene rings is 2. The van der Waals surface area contributed by atoms with Crippen molar-refractivity contribution in [2.24, 2.45) is 4.52 Å². The first-order chi connectivity index (χ1) is 9.25. The third kappa shape index (κ3) is 4.63. The van der Waals surface area contributed by atoms with Crippen molar-refractivity contribution in [3.63, 3.8) is 0 Å². The Kier molecular flexibility index (Phi) is 5.32. The van der Waals surface area contributed by atoms with E-state index in [9.17, 15) is 0 Å². The quantitative estimate of drug-likeness (QED) is 0.698. The fourth-order valence-electron chi connectivity index (χ4n) is 1.42. The molecular formula is C14H15NO2P2. The van der Waals surface area contributed by atoms with Crippen LogP contribution in [0.4, 0.5) is 0 Å². The topological polar surface area (TPSA) is 30.8 Å². The van der Waals surface area contributed by atoms with E-state index in [1.165, 1.54) is 11.1 Å². The standard InChI is InChI=1S/C14H15NO2P2/c1-11-8-9-14(10-12(11)2)17-19-15-18-16-13-6-4-3-5-7-13/h3-10,18H,1-2H3. The molecule has 0 heterocycles. The van der Waals surface area contributed by atoms with E-state index in [1.54, 1.807) is 0 Å². The lowest BCUT2D eigenvalue weighted by Crippen LogP contribution is -1.81. The third-order valence-electron chi connectivity index (χ3n) is 2.61. The molecule has 0 spiro atoms. The van der Waals surface area contributed by atoms with Gasteiger partial charge in [-0.15, -0.1) is 0 Å². The zero-order chi connectivity index (χ0) is 13.5. The molecule has 19 heavy (non-hydrogen) atoms. The highest BCUT2D eigenvalue weighted by Gasteiger charge is 1.96. The highest BCUT2D eigenvalue weighted by atomic mass is 31.1. The van der Waals surface area contributed by atoms with Gasteiger partial charge in [-0.1, -0.05) is 24.3 Å². The third-order valence-corrected chi connectivity index (χ3v) is 3.89. The van der Waals surface area contributed by atoms with Gasteiger partial charge >= 0.3 is 0 Å². The van der Waals surface area contributed by atoms with Crippen molar-refractivity contribution in [1.82, 2.24) is 0 Å². The SMILES string of the molecule is Cc1ccc(OP=NPOc2ccccc2)cc1C. The summed E-state index contributed by atoms with van der Waals surface area (Å²) < 4.78 is 15.1. The fourth-order valence-corrected chi connectivity index (χ4v) is 2.33. The molecular weight excluding hydrogens is 276 g/mol. The Morgan fingerprint density at radius 3 is 2.47 bits per heavy atom. The van der Waals surface area contributed by atoms with Gasteiger partial charge in [-0.05, 0) is 49.2 Å². The van der Waals surface area contributed by atoms with Crippen LogP contribution < -0.4 is 9.05 Å². The van der Waals surface area contributed by atoms with Crippen molar-refractivity contribution in [1.29, 1.82) is 0 Å². The lowest BCUT2D eigenvalue weighted by atomic mass is 10.1. The molecule has 2 aromatic rings. The van der Waals surface area contributed by atoms with E-state index in [2.05, 4.69) is 18.4 Å². The van der Waals surface area contributed by atoms with E-state index in [0.717, 1.165) is 11.5 Å². The maximum Gasteiger partial charge on any atom is 0.249 e. The van der Waals surface area contributed by atoms with E-state index in [-0.39, 0.29) is 8.96 Å². The lowest BCUT2D eigenvalue weighted by molar-refractivity contribution is 0.626. The second kappa shape index (κ2) is 7.23. The summed E-state index contributed by atoms with van der Waals surface area (Å²) in [6.07, 6.45) is 0. The van der Waals surface area contributed by atoms with Crippen molar-refractivity contribution in [3.05, 3.63) is 59.7 Å². The molecule has 0 aromatic heterocycles. The smallest absolute Gasteiger partial charge is 0.249 e. The molecule has 2 rings (SSSR count). The van der Waals surface area contributed by atoms with E-state index in [4.69, 9.17) is 9.05 Å². The Balaban J connectivity index is 1.79. The predicted molar refractivity (Wildman–Crippen MR) is 81.3 cm³/mol. The summed E-state index contributed by atoms with van der Waals surface area (Å²) in [5.74, 6) is 1.66. The number of rotatable bonds is 5. The van der Waals surface area contributed by atoms with Crippen LogP contribution in [0.3, 0.4) is 0 Å². The first kappa shape index (κ1) is 14.0. The normalized spacial score (nSPS) is 11.3. The minimum atomic E-state index is 0.0439. The summed E-state index contributed by atoms with van der Waals surface area (Å²) in [6.45, 7) is 4.15. The average Bonchev–Trinajstić information content (AvgIpc) is 2.43. The number of hydrogen-bond donors (Lipinski definition) is 0. The van der Waals surface area contributed by atoms with E-state index in [0.29, 0.717) is 8.60 Å². The van der Waals surface area contributed by atoms with Crippen molar-refractivity contribution in [3.8, 4) is 11.5 Å². The summed E-state index contributed by atoms with van der Waals surface area (Å²) in [5.41, 5.74) is 2.48. The van der Waals surface area contributed by atoms with Crippen LogP contribution in [0.1, 0.15) is 11.1 Å². The van der Waals surface area contributed by atoms with Crippen LogP contribution in [0.15, 0.2) is 53.0 Å². The Bertz CT molecular complexity index is 559. The number of hydrogen-bond acceptors (Lipinski definition) is 3. The van der Waals surface area contributed by atoms with Crippen LogP contribution >= 0.6 is 17.6 Å². The molecule has 3 nitrogen and oxygen atoms in total. The van der Waals surface area contributed by atoms with Gasteiger partial charge < -0.3 is 9.05 Å². The maximum atomic E-state index is 5.51. The first-order valence-electron chi connectivity index (χ1n) is 5.87. The van der Waals surface area contributed by atoms with Gasteiger partial charge in [0, 0.05) is 0 Å². The molecule has 0 radical (unpaired) electrons.